The summed E-state index contributed by atoms with van der Waals surface area (Å²) < 4.78 is 2.18. The van der Waals surface area contributed by atoms with E-state index in [-0.39, 0.29) is 11.2 Å². The number of thiophene rings is 1. The molecule has 1 aliphatic carbocycles. The summed E-state index contributed by atoms with van der Waals surface area (Å²) in [6.07, 6.45) is 3.87. The first-order valence-electron chi connectivity index (χ1n) is 9.64. The van der Waals surface area contributed by atoms with Gasteiger partial charge >= 0.3 is 0 Å². The molecule has 1 aromatic carbocycles. The van der Waals surface area contributed by atoms with E-state index in [0.717, 1.165) is 43.2 Å². The van der Waals surface area contributed by atoms with Crippen LogP contribution in [0.15, 0.2) is 53.0 Å². The van der Waals surface area contributed by atoms with Gasteiger partial charge in [0, 0.05) is 23.9 Å². The van der Waals surface area contributed by atoms with Crippen molar-refractivity contribution in [2.45, 2.75) is 55.6 Å². The summed E-state index contributed by atoms with van der Waals surface area (Å²) >= 11 is 3.23. The molecule has 5 nitrogen and oxygen atoms in total. The second-order valence-electron chi connectivity index (χ2n) is 7.09. The largest absolute Gasteiger partial charge is 0.352 e. The van der Waals surface area contributed by atoms with Crippen molar-refractivity contribution in [2.24, 2.45) is 0 Å². The van der Waals surface area contributed by atoms with Crippen molar-refractivity contribution in [1.29, 1.82) is 0 Å². The Morgan fingerprint density at radius 3 is 2.79 bits per heavy atom. The number of carbonyl (C=O) groups excluding carboxylic acids is 1. The summed E-state index contributed by atoms with van der Waals surface area (Å²) in [4.78, 5) is 13.6. The van der Waals surface area contributed by atoms with E-state index in [2.05, 4.69) is 61.9 Å². The van der Waals surface area contributed by atoms with Gasteiger partial charge in [0.25, 0.3) is 0 Å². The van der Waals surface area contributed by atoms with E-state index in [1.807, 2.05) is 13.0 Å². The van der Waals surface area contributed by atoms with Crippen molar-refractivity contribution < 1.29 is 4.79 Å². The summed E-state index contributed by atoms with van der Waals surface area (Å²) in [5.74, 6) is 1.04. The molecule has 0 saturated heterocycles. The van der Waals surface area contributed by atoms with Crippen LogP contribution in [0, 0.1) is 0 Å². The summed E-state index contributed by atoms with van der Waals surface area (Å²) in [5, 5.41) is 14.7. The number of hydrogen-bond acceptors (Lipinski definition) is 5. The molecule has 4 rings (SSSR count). The number of carbonyl (C=O) groups is 1. The lowest BCUT2D eigenvalue weighted by Gasteiger charge is -2.13. The number of rotatable bonds is 9. The first-order chi connectivity index (χ1) is 13.7. The van der Waals surface area contributed by atoms with Crippen LogP contribution in [0.3, 0.4) is 0 Å². The summed E-state index contributed by atoms with van der Waals surface area (Å²) in [6, 6.07) is 15.0. The Hall–Kier alpha value is -2.12. The molecule has 7 heteroatoms. The van der Waals surface area contributed by atoms with Crippen LogP contribution in [0.25, 0.3) is 0 Å². The highest BCUT2D eigenvalue weighted by Gasteiger charge is 2.27. The maximum absolute atomic E-state index is 12.4. The molecular formula is C21H24N4OS2. The Morgan fingerprint density at radius 1 is 1.25 bits per heavy atom. The molecule has 0 bridgehead atoms. The van der Waals surface area contributed by atoms with Crippen molar-refractivity contribution in [1.82, 2.24) is 20.1 Å². The van der Waals surface area contributed by atoms with E-state index in [4.69, 9.17) is 0 Å². The molecule has 0 unspecified atom stereocenters. The fraction of sp³-hybridized carbons (Fsp3) is 0.381. The van der Waals surface area contributed by atoms with E-state index >= 15 is 0 Å². The molecule has 1 aliphatic rings. The fourth-order valence-electron chi connectivity index (χ4n) is 2.97. The van der Waals surface area contributed by atoms with Crippen LogP contribution in [0.1, 0.15) is 36.0 Å². The molecule has 1 N–H and O–H groups in total. The van der Waals surface area contributed by atoms with Crippen molar-refractivity contribution in [3.8, 4) is 0 Å². The standard InChI is InChI=1S/C21H24N4OS2/c1-15(20(26)22-17-9-10-17)28-21-24-23-19(14-18-8-5-13-27-18)25(21)12-11-16-6-3-2-4-7-16/h2-8,13,15,17H,9-12,14H2,1H3,(H,22,26)/t15-/m1/s1. The lowest BCUT2D eigenvalue weighted by atomic mass is 10.1. The van der Waals surface area contributed by atoms with Gasteiger partial charge in [0.05, 0.1) is 5.25 Å². The van der Waals surface area contributed by atoms with E-state index in [0.29, 0.717) is 6.04 Å². The second kappa shape index (κ2) is 8.92. The van der Waals surface area contributed by atoms with Gasteiger partial charge in [-0.05, 0) is 43.2 Å². The SMILES string of the molecule is C[C@@H](Sc1nnc(Cc2cccs2)n1CCc1ccccc1)C(=O)NC1CC1. The zero-order valence-corrected chi connectivity index (χ0v) is 17.5. The first kappa shape index (κ1) is 19.2. The second-order valence-corrected chi connectivity index (χ2v) is 9.43. The average Bonchev–Trinajstić information content (AvgIpc) is 3.22. The zero-order chi connectivity index (χ0) is 19.3. The van der Waals surface area contributed by atoms with Crippen molar-refractivity contribution >= 4 is 29.0 Å². The van der Waals surface area contributed by atoms with Crippen LogP contribution in [0.4, 0.5) is 0 Å². The predicted octanol–water partition coefficient (Wildman–Crippen LogP) is 3.93. The van der Waals surface area contributed by atoms with Crippen molar-refractivity contribution in [2.75, 3.05) is 0 Å². The highest BCUT2D eigenvalue weighted by Crippen LogP contribution is 2.26. The van der Waals surface area contributed by atoms with E-state index in [1.54, 1.807) is 11.3 Å². The maximum Gasteiger partial charge on any atom is 0.233 e. The quantitative estimate of drug-likeness (QED) is 0.541. The smallest absolute Gasteiger partial charge is 0.233 e. The van der Waals surface area contributed by atoms with Gasteiger partial charge in [-0.25, -0.2) is 0 Å². The Morgan fingerprint density at radius 2 is 2.07 bits per heavy atom. The van der Waals surface area contributed by atoms with E-state index < -0.39 is 0 Å². The van der Waals surface area contributed by atoms with Crippen LogP contribution in [0.5, 0.6) is 0 Å². The van der Waals surface area contributed by atoms with Crippen LogP contribution >= 0.6 is 23.1 Å². The van der Waals surface area contributed by atoms with Crippen molar-refractivity contribution in [3.05, 3.63) is 64.1 Å². The topological polar surface area (TPSA) is 59.8 Å². The normalized spacial score (nSPS) is 14.8. The third kappa shape index (κ3) is 5.02. The van der Waals surface area contributed by atoms with Gasteiger partial charge in [0.15, 0.2) is 5.16 Å². The Bertz CT molecular complexity index is 904. The minimum absolute atomic E-state index is 0.0879. The first-order valence-corrected chi connectivity index (χ1v) is 11.4. The molecule has 1 atom stereocenters. The zero-order valence-electron chi connectivity index (χ0n) is 15.9. The summed E-state index contributed by atoms with van der Waals surface area (Å²) in [6.45, 7) is 2.74. The van der Waals surface area contributed by atoms with Gasteiger partial charge in [-0.2, -0.15) is 0 Å². The number of thioether (sulfide) groups is 1. The molecular weight excluding hydrogens is 388 g/mol. The number of hydrogen-bond donors (Lipinski definition) is 1. The number of nitrogens with one attached hydrogen (secondary N) is 1. The molecule has 1 fully saturated rings. The molecule has 0 spiro atoms. The minimum atomic E-state index is -0.185. The number of aryl methyl sites for hydroxylation is 1. The third-order valence-electron chi connectivity index (χ3n) is 4.75. The third-order valence-corrected chi connectivity index (χ3v) is 6.70. The monoisotopic (exact) mass is 412 g/mol. The lowest BCUT2D eigenvalue weighted by Crippen LogP contribution is -2.32. The molecule has 146 valence electrons. The Kier molecular flexibility index (Phi) is 6.12. The van der Waals surface area contributed by atoms with Crippen LogP contribution in [0.2, 0.25) is 0 Å². The molecule has 0 aliphatic heterocycles. The highest BCUT2D eigenvalue weighted by molar-refractivity contribution is 8.00. The number of benzene rings is 1. The Labute approximate surface area is 173 Å². The number of amides is 1. The average molecular weight is 413 g/mol. The van der Waals surface area contributed by atoms with Crippen LogP contribution in [-0.4, -0.2) is 32.0 Å². The van der Waals surface area contributed by atoms with Gasteiger partial charge in [0.2, 0.25) is 5.91 Å². The van der Waals surface area contributed by atoms with Crippen molar-refractivity contribution in [3.63, 3.8) is 0 Å². The fourth-order valence-corrected chi connectivity index (χ4v) is 4.58. The number of nitrogens with zero attached hydrogens (tertiary/aromatic N) is 3. The van der Waals surface area contributed by atoms with Gasteiger partial charge in [0.1, 0.15) is 5.82 Å². The summed E-state index contributed by atoms with van der Waals surface area (Å²) in [5.41, 5.74) is 1.29. The Balaban J connectivity index is 1.50. The summed E-state index contributed by atoms with van der Waals surface area (Å²) in [7, 11) is 0. The number of aromatic nitrogens is 3. The molecule has 2 aromatic heterocycles. The van der Waals surface area contributed by atoms with Crippen LogP contribution in [-0.2, 0) is 24.2 Å². The van der Waals surface area contributed by atoms with Gasteiger partial charge in [-0.1, -0.05) is 48.2 Å². The van der Waals surface area contributed by atoms with Gasteiger partial charge < -0.3 is 9.88 Å². The molecule has 28 heavy (non-hydrogen) atoms. The highest BCUT2D eigenvalue weighted by atomic mass is 32.2. The van der Waals surface area contributed by atoms with E-state index in [9.17, 15) is 4.79 Å². The maximum atomic E-state index is 12.4. The van der Waals surface area contributed by atoms with E-state index in [1.165, 1.54) is 22.2 Å². The molecule has 1 amide bonds. The minimum Gasteiger partial charge on any atom is -0.352 e. The molecule has 0 radical (unpaired) electrons. The lowest BCUT2D eigenvalue weighted by molar-refractivity contribution is -0.120. The molecule has 3 aromatic rings. The van der Waals surface area contributed by atoms with Crippen LogP contribution < -0.4 is 5.32 Å². The predicted molar refractivity (Wildman–Crippen MR) is 114 cm³/mol. The molecule has 1 saturated carbocycles. The van der Waals surface area contributed by atoms with Gasteiger partial charge in [-0.3, -0.25) is 4.79 Å². The molecule has 2 heterocycles. The van der Waals surface area contributed by atoms with Gasteiger partial charge in [-0.15, -0.1) is 21.5 Å².